The Bertz CT molecular complexity index is 910. The molecular formula is C22H24O7. The molecule has 0 aromatic heterocycles. The monoisotopic (exact) mass is 400 g/mol. The number of esters is 1. The summed E-state index contributed by atoms with van der Waals surface area (Å²) in [6.07, 6.45) is 0. The summed E-state index contributed by atoms with van der Waals surface area (Å²) in [5.41, 5.74) is 1.85. The predicted octanol–water partition coefficient (Wildman–Crippen LogP) is 3.23. The Morgan fingerprint density at radius 2 is 1.59 bits per heavy atom. The number of ketones is 1. The summed E-state index contributed by atoms with van der Waals surface area (Å²) in [5, 5.41) is 0. The number of fused-ring (bicyclic) bond motifs is 1. The van der Waals surface area contributed by atoms with Gasteiger partial charge in [-0.25, -0.2) is 0 Å². The molecule has 7 nitrogen and oxygen atoms in total. The van der Waals surface area contributed by atoms with Gasteiger partial charge in [0, 0.05) is 11.5 Å². The molecule has 1 aliphatic rings. The van der Waals surface area contributed by atoms with Crippen LogP contribution in [-0.4, -0.2) is 46.8 Å². The second-order valence-electron chi connectivity index (χ2n) is 6.48. The van der Waals surface area contributed by atoms with E-state index in [1.165, 1.54) is 21.3 Å². The van der Waals surface area contributed by atoms with Crippen LogP contribution < -0.4 is 18.9 Å². The Labute approximate surface area is 169 Å². The average molecular weight is 400 g/mol. The Morgan fingerprint density at radius 3 is 2.10 bits per heavy atom. The molecule has 3 rings (SSSR count). The van der Waals surface area contributed by atoms with Gasteiger partial charge in [-0.2, -0.15) is 0 Å². The van der Waals surface area contributed by atoms with Gasteiger partial charge in [0.2, 0.25) is 5.75 Å². The Balaban J connectivity index is 2.24. The number of hydrogen-bond donors (Lipinski definition) is 0. The topological polar surface area (TPSA) is 80.3 Å². The van der Waals surface area contributed by atoms with Crippen molar-refractivity contribution in [1.29, 1.82) is 0 Å². The minimum absolute atomic E-state index is 0.185. The minimum atomic E-state index is -1.00. The summed E-state index contributed by atoms with van der Waals surface area (Å²) in [5.74, 6) is -0.506. The molecule has 0 radical (unpaired) electrons. The van der Waals surface area contributed by atoms with E-state index in [0.717, 1.165) is 0 Å². The summed E-state index contributed by atoms with van der Waals surface area (Å²) in [4.78, 5) is 25.8. The number of rotatable bonds is 7. The molecule has 0 amide bonds. The Kier molecular flexibility index (Phi) is 5.96. The van der Waals surface area contributed by atoms with Crippen molar-refractivity contribution in [3.8, 4) is 23.0 Å². The largest absolute Gasteiger partial charge is 0.497 e. The fraction of sp³-hybridized carbons (Fsp3) is 0.364. The minimum Gasteiger partial charge on any atom is -0.497 e. The van der Waals surface area contributed by atoms with Crippen molar-refractivity contribution in [2.75, 3.05) is 35.0 Å². The third kappa shape index (κ3) is 3.48. The molecule has 2 aromatic carbocycles. The summed E-state index contributed by atoms with van der Waals surface area (Å²) in [6, 6.07) is 8.66. The number of carbonyl (C=O) groups excluding carboxylic acids is 2. The molecule has 0 heterocycles. The second-order valence-corrected chi connectivity index (χ2v) is 6.48. The molecule has 2 aromatic rings. The van der Waals surface area contributed by atoms with Crippen molar-refractivity contribution < 1.29 is 33.3 Å². The molecule has 2 atom stereocenters. The summed E-state index contributed by atoms with van der Waals surface area (Å²) < 4.78 is 26.8. The molecule has 0 saturated carbocycles. The summed E-state index contributed by atoms with van der Waals surface area (Å²) in [6.45, 7) is 1.90. The number of benzene rings is 2. The number of carbonyl (C=O) groups is 2. The maximum absolute atomic E-state index is 13.1. The molecule has 0 fully saturated rings. The van der Waals surface area contributed by atoms with Crippen LogP contribution in [0.3, 0.4) is 0 Å². The van der Waals surface area contributed by atoms with E-state index in [1.54, 1.807) is 44.4 Å². The van der Waals surface area contributed by atoms with E-state index in [-0.39, 0.29) is 12.4 Å². The van der Waals surface area contributed by atoms with Gasteiger partial charge in [0.1, 0.15) is 11.7 Å². The number of Topliss-reactive ketones (excluding diaryl/α,β-unsaturated/α-hetero) is 1. The summed E-state index contributed by atoms with van der Waals surface area (Å²) in [7, 11) is 6.10. The standard InChI is InChI=1S/C22H24O7/c1-6-29-22(24)19-18(15-11-13(25-2)7-8-14(15)20(19)23)12-9-16(26-3)21(28-5)17(10-12)27-4/h7-11,18-19H,6H2,1-5H3/t18-,19+/m1/s1. The van der Waals surface area contributed by atoms with Gasteiger partial charge < -0.3 is 23.7 Å². The lowest BCUT2D eigenvalue weighted by molar-refractivity contribution is -0.146. The van der Waals surface area contributed by atoms with Gasteiger partial charge in [0.25, 0.3) is 0 Å². The van der Waals surface area contributed by atoms with Crippen LogP contribution in [0.1, 0.15) is 34.3 Å². The maximum Gasteiger partial charge on any atom is 0.317 e. The number of ether oxygens (including phenoxy) is 5. The van der Waals surface area contributed by atoms with Gasteiger partial charge in [-0.15, -0.1) is 0 Å². The van der Waals surface area contributed by atoms with Crippen molar-refractivity contribution in [1.82, 2.24) is 0 Å². The van der Waals surface area contributed by atoms with Crippen LogP contribution in [0.15, 0.2) is 30.3 Å². The molecule has 0 bridgehead atoms. The molecular weight excluding hydrogens is 376 g/mol. The molecule has 1 aliphatic carbocycles. The Morgan fingerprint density at radius 1 is 0.931 bits per heavy atom. The zero-order valence-corrected chi connectivity index (χ0v) is 17.1. The third-order valence-corrected chi connectivity index (χ3v) is 5.06. The van der Waals surface area contributed by atoms with Crippen molar-refractivity contribution in [2.45, 2.75) is 12.8 Å². The normalized spacial score (nSPS) is 17.5. The predicted molar refractivity (Wildman–Crippen MR) is 105 cm³/mol. The first-order valence-corrected chi connectivity index (χ1v) is 9.19. The van der Waals surface area contributed by atoms with Crippen LogP contribution in [0.5, 0.6) is 23.0 Å². The first-order chi connectivity index (χ1) is 14.0. The molecule has 0 saturated heterocycles. The second kappa shape index (κ2) is 8.43. The molecule has 29 heavy (non-hydrogen) atoms. The van der Waals surface area contributed by atoms with Gasteiger partial charge in [0.15, 0.2) is 17.3 Å². The smallest absolute Gasteiger partial charge is 0.317 e. The van der Waals surface area contributed by atoms with Gasteiger partial charge >= 0.3 is 5.97 Å². The van der Waals surface area contributed by atoms with E-state index in [2.05, 4.69) is 0 Å². The van der Waals surface area contributed by atoms with Crippen molar-refractivity contribution in [3.05, 3.63) is 47.0 Å². The fourth-order valence-corrected chi connectivity index (χ4v) is 3.78. The average Bonchev–Trinajstić information content (AvgIpc) is 3.04. The van der Waals surface area contributed by atoms with Crippen molar-refractivity contribution >= 4 is 11.8 Å². The molecule has 154 valence electrons. The number of methoxy groups -OCH3 is 4. The zero-order chi connectivity index (χ0) is 21.1. The van der Waals surface area contributed by atoms with E-state index in [9.17, 15) is 9.59 Å². The fourth-order valence-electron chi connectivity index (χ4n) is 3.78. The molecule has 0 unspecified atom stereocenters. The Hall–Kier alpha value is -3.22. The molecule has 0 N–H and O–H groups in total. The van der Waals surface area contributed by atoms with Crippen molar-refractivity contribution in [3.63, 3.8) is 0 Å². The van der Waals surface area contributed by atoms with E-state index < -0.39 is 17.8 Å². The van der Waals surface area contributed by atoms with Gasteiger partial charge in [0.05, 0.1) is 35.0 Å². The highest BCUT2D eigenvalue weighted by atomic mass is 16.5. The summed E-state index contributed by atoms with van der Waals surface area (Å²) >= 11 is 0. The van der Waals surface area contributed by atoms with Crippen LogP contribution in [0.25, 0.3) is 0 Å². The zero-order valence-electron chi connectivity index (χ0n) is 17.1. The first kappa shape index (κ1) is 20.5. The lowest BCUT2D eigenvalue weighted by Gasteiger charge is -2.21. The van der Waals surface area contributed by atoms with E-state index >= 15 is 0 Å². The maximum atomic E-state index is 13.1. The first-order valence-electron chi connectivity index (χ1n) is 9.19. The third-order valence-electron chi connectivity index (χ3n) is 5.06. The van der Waals surface area contributed by atoms with Gasteiger partial charge in [-0.1, -0.05) is 0 Å². The highest BCUT2D eigenvalue weighted by Gasteiger charge is 2.46. The lowest BCUT2D eigenvalue weighted by atomic mass is 9.85. The van der Waals surface area contributed by atoms with Crippen LogP contribution >= 0.6 is 0 Å². The highest BCUT2D eigenvalue weighted by Crippen LogP contribution is 2.48. The van der Waals surface area contributed by atoms with Crippen LogP contribution in [-0.2, 0) is 9.53 Å². The van der Waals surface area contributed by atoms with Gasteiger partial charge in [-0.3, -0.25) is 9.59 Å². The van der Waals surface area contributed by atoms with E-state index in [1.807, 2.05) is 0 Å². The van der Waals surface area contributed by atoms with E-state index in [0.29, 0.717) is 39.7 Å². The van der Waals surface area contributed by atoms with Crippen molar-refractivity contribution in [2.24, 2.45) is 5.92 Å². The quantitative estimate of drug-likeness (QED) is 0.521. The van der Waals surface area contributed by atoms with Crippen LogP contribution in [0.2, 0.25) is 0 Å². The van der Waals surface area contributed by atoms with E-state index in [4.69, 9.17) is 23.7 Å². The molecule has 0 spiro atoms. The number of hydrogen-bond acceptors (Lipinski definition) is 7. The highest BCUT2D eigenvalue weighted by molar-refractivity contribution is 6.14. The van der Waals surface area contributed by atoms with Crippen LogP contribution in [0.4, 0.5) is 0 Å². The molecule has 0 aliphatic heterocycles. The SMILES string of the molecule is CCOC(=O)[C@@H]1C(=O)c2ccc(OC)cc2[C@H]1c1cc(OC)c(OC)c(OC)c1. The molecule has 7 heteroatoms. The lowest BCUT2D eigenvalue weighted by Crippen LogP contribution is -2.27. The van der Waals surface area contributed by atoms with Crippen LogP contribution in [0, 0.1) is 5.92 Å². The van der Waals surface area contributed by atoms with Gasteiger partial charge in [-0.05, 0) is 48.4 Å².